The maximum atomic E-state index is 11.8. The summed E-state index contributed by atoms with van der Waals surface area (Å²) in [6, 6.07) is 7.13. The standard InChI is InChI=1S/C16H17N7O3S2/c1-25-12-4-3-11(7-13(12)26-10-23-6-2-5-19-23)8-18-20-14(24)9-27-16-22-21-15(17)28-16/h2-8H,9-10H2,1H3,(H2,17,21)(H,20,24)/b18-8+. The first-order valence-electron chi connectivity index (χ1n) is 7.96. The Morgan fingerprint density at radius 2 is 2.32 bits per heavy atom. The molecule has 0 radical (unpaired) electrons. The molecule has 2 heterocycles. The molecule has 12 heteroatoms. The maximum absolute atomic E-state index is 11.8. The van der Waals surface area contributed by atoms with Crippen LogP contribution in [0.4, 0.5) is 5.13 Å². The number of thioether (sulfide) groups is 1. The van der Waals surface area contributed by atoms with E-state index < -0.39 is 0 Å². The number of hydrogen-bond donors (Lipinski definition) is 2. The minimum atomic E-state index is -0.265. The van der Waals surface area contributed by atoms with Gasteiger partial charge in [0.25, 0.3) is 5.91 Å². The summed E-state index contributed by atoms with van der Waals surface area (Å²) in [7, 11) is 1.56. The Morgan fingerprint density at radius 1 is 1.43 bits per heavy atom. The van der Waals surface area contributed by atoms with Crippen molar-refractivity contribution in [3.05, 3.63) is 42.2 Å². The minimum Gasteiger partial charge on any atom is -0.493 e. The summed E-state index contributed by atoms with van der Waals surface area (Å²) in [5.74, 6) is 1.02. The van der Waals surface area contributed by atoms with Crippen molar-refractivity contribution < 1.29 is 14.3 Å². The molecule has 146 valence electrons. The number of amides is 1. The van der Waals surface area contributed by atoms with Crippen molar-refractivity contribution in [3.63, 3.8) is 0 Å². The summed E-state index contributed by atoms with van der Waals surface area (Å²) in [5.41, 5.74) is 8.69. The van der Waals surface area contributed by atoms with Gasteiger partial charge in [-0.3, -0.25) is 4.79 Å². The van der Waals surface area contributed by atoms with E-state index >= 15 is 0 Å². The monoisotopic (exact) mass is 419 g/mol. The highest BCUT2D eigenvalue weighted by atomic mass is 32.2. The number of nitrogens with zero attached hydrogens (tertiary/aromatic N) is 5. The van der Waals surface area contributed by atoms with E-state index in [4.69, 9.17) is 15.2 Å². The van der Waals surface area contributed by atoms with Crippen LogP contribution in [0.3, 0.4) is 0 Å². The van der Waals surface area contributed by atoms with Gasteiger partial charge in [0.2, 0.25) is 5.13 Å². The van der Waals surface area contributed by atoms with Crippen LogP contribution in [0.1, 0.15) is 5.56 Å². The number of methoxy groups -OCH3 is 1. The Bertz CT molecular complexity index is 944. The summed E-state index contributed by atoms with van der Waals surface area (Å²) in [4.78, 5) is 11.8. The molecule has 0 bridgehead atoms. The summed E-state index contributed by atoms with van der Waals surface area (Å²) in [6.45, 7) is 0.244. The molecule has 0 atom stereocenters. The minimum absolute atomic E-state index is 0.160. The number of ether oxygens (including phenoxy) is 2. The average molecular weight is 419 g/mol. The van der Waals surface area contributed by atoms with Gasteiger partial charge in [0.15, 0.2) is 22.6 Å². The topological polar surface area (TPSA) is 130 Å². The number of nitrogens with two attached hydrogens (primary N) is 1. The number of anilines is 1. The average Bonchev–Trinajstić information content (AvgIpc) is 3.36. The van der Waals surface area contributed by atoms with Crippen molar-refractivity contribution in [1.82, 2.24) is 25.4 Å². The zero-order chi connectivity index (χ0) is 19.8. The van der Waals surface area contributed by atoms with Gasteiger partial charge in [0.1, 0.15) is 0 Å². The number of nitrogen functional groups attached to an aromatic ring is 1. The molecule has 0 unspecified atom stereocenters. The van der Waals surface area contributed by atoms with E-state index in [-0.39, 0.29) is 18.4 Å². The third kappa shape index (κ3) is 5.69. The van der Waals surface area contributed by atoms with Crippen LogP contribution in [0, 0.1) is 0 Å². The predicted molar refractivity (Wildman–Crippen MR) is 107 cm³/mol. The van der Waals surface area contributed by atoms with Gasteiger partial charge in [0.05, 0.1) is 19.1 Å². The molecule has 3 rings (SSSR count). The Hall–Kier alpha value is -3.12. The van der Waals surface area contributed by atoms with Gasteiger partial charge >= 0.3 is 0 Å². The van der Waals surface area contributed by atoms with E-state index in [1.807, 2.05) is 6.07 Å². The molecule has 1 aromatic carbocycles. The summed E-state index contributed by atoms with van der Waals surface area (Å²) >= 11 is 2.47. The van der Waals surface area contributed by atoms with Crippen LogP contribution in [0.2, 0.25) is 0 Å². The molecule has 0 fully saturated rings. The van der Waals surface area contributed by atoms with Crippen LogP contribution in [0.5, 0.6) is 11.5 Å². The molecule has 3 N–H and O–H groups in total. The molecule has 0 aliphatic carbocycles. The molecule has 0 saturated heterocycles. The molecule has 10 nitrogen and oxygen atoms in total. The Labute approximate surface area is 168 Å². The van der Waals surface area contributed by atoms with Crippen LogP contribution in [0.25, 0.3) is 0 Å². The van der Waals surface area contributed by atoms with Gasteiger partial charge in [-0.1, -0.05) is 23.1 Å². The van der Waals surface area contributed by atoms with E-state index in [2.05, 4.69) is 25.8 Å². The van der Waals surface area contributed by atoms with Crippen molar-refractivity contribution in [2.24, 2.45) is 5.10 Å². The molecule has 28 heavy (non-hydrogen) atoms. The predicted octanol–water partition coefficient (Wildman–Crippen LogP) is 1.60. The van der Waals surface area contributed by atoms with Crippen LogP contribution in [-0.4, -0.2) is 45.0 Å². The third-order valence-corrected chi connectivity index (χ3v) is 5.14. The summed E-state index contributed by atoms with van der Waals surface area (Å²) < 4.78 is 13.3. The number of aromatic nitrogens is 4. The van der Waals surface area contributed by atoms with Gasteiger partial charge in [-0.2, -0.15) is 10.2 Å². The molecule has 0 spiro atoms. The summed E-state index contributed by atoms with van der Waals surface area (Å²) in [5, 5.41) is 15.9. The second-order valence-electron chi connectivity index (χ2n) is 5.22. The second-order valence-corrected chi connectivity index (χ2v) is 7.45. The Morgan fingerprint density at radius 3 is 3.04 bits per heavy atom. The number of rotatable bonds is 9. The normalized spacial score (nSPS) is 10.9. The van der Waals surface area contributed by atoms with E-state index in [1.54, 1.807) is 42.4 Å². The molecule has 0 saturated carbocycles. The lowest BCUT2D eigenvalue weighted by Gasteiger charge is -2.11. The van der Waals surface area contributed by atoms with Crippen LogP contribution in [-0.2, 0) is 11.5 Å². The van der Waals surface area contributed by atoms with Gasteiger partial charge in [0, 0.05) is 12.4 Å². The smallest absolute Gasteiger partial charge is 0.250 e. The zero-order valence-electron chi connectivity index (χ0n) is 14.8. The lowest BCUT2D eigenvalue weighted by atomic mass is 10.2. The number of hydrazone groups is 1. The van der Waals surface area contributed by atoms with Crippen molar-refractivity contribution in [2.45, 2.75) is 11.1 Å². The Kier molecular flexibility index (Phi) is 6.81. The fourth-order valence-corrected chi connectivity index (χ4v) is 3.44. The van der Waals surface area contributed by atoms with E-state index in [1.165, 1.54) is 29.3 Å². The van der Waals surface area contributed by atoms with Crippen molar-refractivity contribution >= 4 is 40.4 Å². The molecule has 2 aromatic heterocycles. The highest BCUT2D eigenvalue weighted by Gasteiger charge is 2.07. The molecular weight excluding hydrogens is 402 g/mol. The first-order valence-corrected chi connectivity index (χ1v) is 9.76. The molecular formula is C16H17N7O3S2. The van der Waals surface area contributed by atoms with Crippen LogP contribution < -0.4 is 20.6 Å². The number of hydrogen-bond acceptors (Lipinski definition) is 10. The van der Waals surface area contributed by atoms with Crippen LogP contribution >= 0.6 is 23.1 Å². The van der Waals surface area contributed by atoms with Gasteiger partial charge in [-0.15, -0.1) is 10.2 Å². The highest BCUT2D eigenvalue weighted by molar-refractivity contribution is 8.01. The van der Waals surface area contributed by atoms with Crippen molar-refractivity contribution in [3.8, 4) is 11.5 Å². The summed E-state index contributed by atoms with van der Waals surface area (Å²) in [6.07, 6.45) is 4.98. The van der Waals surface area contributed by atoms with Crippen molar-refractivity contribution in [2.75, 3.05) is 18.6 Å². The number of nitrogens with one attached hydrogen (secondary N) is 1. The van der Waals surface area contributed by atoms with Gasteiger partial charge in [-0.05, 0) is 29.8 Å². The maximum Gasteiger partial charge on any atom is 0.250 e. The quantitative estimate of drug-likeness (QED) is 0.304. The first kappa shape index (κ1) is 19.6. The number of carbonyl (C=O) groups is 1. The lowest BCUT2D eigenvalue weighted by Crippen LogP contribution is -2.19. The fourth-order valence-electron chi connectivity index (χ4n) is 2.02. The molecule has 0 aliphatic rings. The zero-order valence-corrected chi connectivity index (χ0v) is 16.4. The van der Waals surface area contributed by atoms with E-state index in [9.17, 15) is 4.79 Å². The third-order valence-electron chi connectivity index (χ3n) is 3.25. The molecule has 3 aromatic rings. The first-order chi connectivity index (χ1) is 13.6. The number of carbonyl (C=O) groups excluding carboxylic acids is 1. The Balaban J connectivity index is 1.53. The lowest BCUT2D eigenvalue weighted by molar-refractivity contribution is -0.118. The highest BCUT2D eigenvalue weighted by Crippen LogP contribution is 2.28. The molecule has 0 aliphatic heterocycles. The van der Waals surface area contributed by atoms with Crippen molar-refractivity contribution in [1.29, 1.82) is 0 Å². The van der Waals surface area contributed by atoms with E-state index in [0.717, 1.165) is 5.56 Å². The van der Waals surface area contributed by atoms with Gasteiger partial charge < -0.3 is 15.2 Å². The molecule has 1 amide bonds. The second kappa shape index (κ2) is 9.71. The van der Waals surface area contributed by atoms with E-state index in [0.29, 0.717) is 21.0 Å². The number of benzene rings is 1. The van der Waals surface area contributed by atoms with Gasteiger partial charge in [-0.25, -0.2) is 10.1 Å². The fraction of sp³-hybridized carbons (Fsp3) is 0.188. The SMILES string of the molecule is COc1ccc(/C=N/NC(=O)CSc2nnc(N)s2)cc1OCn1cccn1. The van der Waals surface area contributed by atoms with Crippen LogP contribution in [0.15, 0.2) is 46.1 Å². The largest absolute Gasteiger partial charge is 0.493 e.